The Morgan fingerprint density at radius 1 is 1.17 bits per heavy atom. The molecule has 0 saturated carbocycles. The molecule has 1 atom stereocenters. The Bertz CT molecular complexity index is 747. The summed E-state index contributed by atoms with van der Waals surface area (Å²) in [4.78, 5) is 23.5. The van der Waals surface area contributed by atoms with Crippen molar-refractivity contribution in [2.24, 2.45) is 0 Å². The Hall–Kier alpha value is -2.47. The number of hydrogen-bond donors (Lipinski definition) is 1. The summed E-state index contributed by atoms with van der Waals surface area (Å²) < 4.78 is 31.5. The van der Waals surface area contributed by atoms with Crippen LogP contribution in [-0.2, 0) is 9.53 Å². The molecule has 4 nitrogen and oxygen atoms in total. The smallest absolute Gasteiger partial charge is 0.344 e. The molecule has 1 amide bonds. The third-order valence-corrected chi connectivity index (χ3v) is 3.46. The molecule has 0 aliphatic rings. The molecule has 2 rings (SSSR count). The van der Waals surface area contributed by atoms with E-state index < -0.39 is 35.7 Å². The first-order valence-electron chi connectivity index (χ1n) is 7.04. The highest BCUT2D eigenvalue weighted by molar-refractivity contribution is 6.30. The molecule has 0 aliphatic carbocycles. The number of carbonyl (C=O) groups excluding carboxylic acids is 2. The summed E-state index contributed by atoms with van der Waals surface area (Å²) in [6, 6.07) is 9.51. The summed E-state index contributed by atoms with van der Waals surface area (Å²) >= 11 is 5.87. The minimum absolute atomic E-state index is 0.375. The highest BCUT2D eigenvalue weighted by atomic mass is 35.5. The standard InChI is InChI=1S/C17H14ClF2NO3/c1-10(11-4-2-5-12(18)8-11)21-15(22)9-24-17(23)16-13(19)6-3-7-14(16)20/h2-8,10H,9H2,1H3,(H,21,22)/t10-/m1/s1. The minimum atomic E-state index is -1.24. The van der Waals surface area contributed by atoms with Gasteiger partial charge in [-0.15, -0.1) is 0 Å². The average Bonchev–Trinajstić information content (AvgIpc) is 2.52. The van der Waals surface area contributed by atoms with Crippen LogP contribution in [0.4, 0.5) is 8.78 Å². The molecular formula is C17H14ClF2NO3. The van der Waals surface area contributed by atoms with Crippen LogP contribution in [0.1, 0.15) is 28.9 Å². The van der Waals surface area contributed by atoms with Crippen LogP contribution in [0.15, 0.2) is 42.5 Å². The van der Waals surface area contributed by atoms with E-state index in [1.807, 2.05) is 0 Å². The number of carbonyl (C=O) groups is 2. The van der Waals surface area contributed by atoms with E-state index in [1.165, 1.54) is 0 Å². The van der Waals surface area contributed by atoms with Crippen LogP contribution >= 0.6 is 11.6 Å². The van der Waals surface area contributed by atoms with Crippen LogP contribution in [-0.4, -0.2) is 18.5 Å². The first-order valence-corrected chi connectivity index (χ1v) is 7.42. The van der Waals surface area contributed by atoms with E-state index in [0.717, 1.165) is 23.8 Å². The van der Waals surface area contributed by atoms with Crippen LogP contribution in [0.5, 0.6) is 0 Å². The first kappa shape index (κ1) is 17.9. The number of nitrogens with one attached hydrogen (secondary N) is 1. The van der Waals surface area contributed by atoms with Gasteiger partial charge in [-0.25, -0.2) is 13.6 Å². The lowest BCUT2D eigenvalue weighted by atomic mass is 10.1. The molecule has 0 aliphatic heterocycles. The van der Waals surface area contributed by atoms with E-state index in [4.69, 9.17) is 11.6 Å². The van der Waals surface area contributed by atoms with Crippen LogP contribution in [0.25, 0.3) is 0 Å². The van der Waals surface area contributed by atoms with Crippen molar-refractivity contribution in [1.29, 1.82) is 0 Å². The SMILES string of the molecule is C[C@@H](NC(=O)COC(=O)c1c(F)cccc1F)c1cccc(Cl)c1. The summed E-state index contributed by atoms with van der Waals surface area (Å²) in [5.41, 5.74) is -0.0597. The van der Waals surface area contributed by atoms with Gasteiger partial charge in [0.15, 0.2) is 6.61 Å². The Labute approximate surface area is 142 Å². The number of amides is 1. The molecule has 1 N–H and O–H groups in total. The largest absolute Gasteiger partial charge is 0.452 e. The summed E-state index contributed by atoms with van der Waals surface area (Å²) in [6.45, 7) is 1.07. The van der Waals surface area contributed by atoms with E-state index in [1.54, 1.807) is 31.2 Å². The van der Waals surface area contributed by atoms with E-state index in [0.29, 0.717) is 5.02 Å². The van der Waals surface area contributed by atoms with Crippen molar-refractivity contribution in [3.63, 3.8) is 0 Å². The molecule has 0 spiro atoms. The molecule has 7 heteroatoms. The lowest BCUT2D eigenvalue weighted by Crippen LogP contribution is -2.31. The highest BCUT2D eigenvalue weighted by Crippen LogP contribution is 2.17. The van der Waals surface area contributed by atoms with Crippen LogP contribution < -0.4 is 5.32 Å². The van der Waals surface area contributed by atoms with Gasteiger partial charge < -0.3 is 10.1 Å². The first-order chi connectivity index (χ1) is 11.4. The molecule has 0 saturated heterocycles. The van der Waals surface area contributed by atoms with Gasteiger partial charge in [0.05, 0.1) is 6.04 Å². The van der Waals surface area contributed by atoms with Crippen LogP contribution in [0, 0.1) is 11.6 Å². The Morgan fingerprint density at radius 3 is 2.42 bits per heavy atom. The fourth-order valence-electron chi connectivity index (χ4n) is 2.04. The van der Waals surface area contributed by atoms with Crippen molar-refractivity contribution in [3.05, 3.63) is 70.2 Å². The Kier molecular flexibility index (Phi) is 5.87. The molecular weight excluding hydrogens is 340 g/mol. The van der Waals surface area contributed by atoms with Gasteiger partial charge in [0.1, 0.15) is 17.2 Å². The molecule has 0 aromatic heterocycles. The van der Waals surface area contributed by atoms with Crippen molar-refractivity contribution in [2.45, 2.75) is 13.0 Å². The monoisotopic (exact) mass is 353 g/mol. The number of hydrogen-bond acceptors (Lipinski definition) is 3. The molecule has 0 fully saturated rings. The summed E-state index contributed by atoms with van der Waals surface area (Å²) in [6.07, 6.45) is 0. The second kappa shape index (κ2) is 7.88. The lowest BCUT2D eigenvalue weighted by molar-refractivity contribution is -0.124. The topological polar surface area (TPSA) is 55.4 Å². The zero-order chi connectivity index (χ0) is 17.7. The Morgan fingerprint density at radius 2 is 1.79 bits per heavy atom. The average molecular weight is 354 g/mol. The molecule has 0 heterocycles. The molecule has 2 aromatic carbocycles. The molecule has 0 unspecified atom stereocenters. The van der Waals surface area contributed by atoms with Gasteiger partial charge in [-0.05, 0) is 36.8 Å². The van der Waals surface area contributed by atoms with Crippen molar-refractivity contribution in [3.8, 4) is 0 Å². The number of halogens is 3. The van der Waals surface area contributed by atoms with Crippen LogP contribution in [0.3, 0.4) is 0 Å². The van der Waals surface area contributed by atoms with Gasteiger partial charge in [0, 0.05) is 5.02 Å². The predicted octanol–water partition coefficient (Wildman–Crippen LogP) is 3.65. The summed E-state index contributed by atoms with van der Waals surface area (Å²) in [5.74, 6) is -3.94. The number of esters is 1. The second-order valence-corrected chi connectivity index (χ2v) is 5.45. The van der Waals surface area contributed by atoms with Gasteiger partial charge in [-0.1, -0.05) is 29.8 Å². The molecule has 0 bridgehead atoms. The van der Waals surface area contributed by atoms with E-state index >= 15 is 0 Å². The van der Waals surface area contributed by atoms with E-state index in [-0.39, 0.29) is 6.04 Å². The number of ether oxygens (including phenoxy) is 1. The predicted molar refractivity (Wildman–Crippen MR) is 84.7 cm³/mol. The van der Waals surface area contributed by atoms with Crippen LogP contribution in [0.2, 0.25) is 5.02 Å². The van der Waals surface area contributed by atoms with Gasteiger partial charge in [0.2, 0.25) is 0 Å². The lowest BCUT2D eigenvalue weighted by Gasteiger charge is -2.14. The van der Waals surface area contributed by atoms with Crippen molar-refractivity contribution in [2.75, 3.05) is 6.61 Å². The minimum Gasteiger partial charge on any atom is -0.452 e. The third kappa shape index (κ3) is 4.52. The highest BCUT2D eigenvalue weighted by Gasteiger charge is 2.20. The van der Waals surface area contributed by atoms with Gasteiger partial charge >= 0.3 is 5.97 Å². The molecule has 2 aromatic rings. The molecule has 24 heavy (non-hydrogen) atoms. The fraction of sp³-hybridized carbons (Fsp3) is 0.176. The van der Waals surface area contributed by atoms with Crippen molar-refractivity contribution in [1.82, 2.24) is 5.32 Å². The quantitative estimate of drug-likeness (QED) is 0.835. The number of benzene rings is 2. The maximum Gasteiger partial charge on any atom is 0.344 e. The zero-order valence-electron chi connectivity index (χ0n) is 12.7. The second-order valence-electron chi connectivity index (χ2n) is 5.02. The van der Waals surface area contributed by atoms with Gasteiger partial charge in [-0.2, -0.15) is 0 Å². The normalized spacial score (nSPS) is 11.7. The fourth-order valence-corrected chi connectivity index (χ4v) is 2.24. The van der Waals surface area contributed by atoms with E-state index in [9.17, 15) is 18.4 Å². The van der Waals surface area contributed by atoms with Crippen molar-refractivity contribution < 1.29 is 23.1 Å². The summed E-state index contributed by atoms with van der Waals surface area (Å²) in [5, 5.41) is 3.12. The van der Waals surface area contributed by atoms with Gasteiger partial charge in [-0.3, -0.25) is 4.79 Å². The maximum atomic E-state index is 13.4. The van der Waals surface area contributed by atoms with Gasteiger partial charge in [0.25, 0.3) is 5.91 Å². The van der Waals surface area contributed by atoms with Crippen molar-refractivity contribution >= 4 is 23.5 Å². The zero-order valence-corrected chi connectivity index (χ0v) is 13.4. The van der Waals surface area contributed by atoms with E-state index in [2.05, 4.69) is 10.1 Å². The third-order valence-electron chi connectivity index (χ3n) is 3.23. The molecule has 126 valence electrons. The summed E-state index contributed by atoms with van der Waals surface area (Å²) in [7, 11) is 0. The maximum absolute atomic E-state index is 13.4. The Balaban J connectivity index is 1.92. The number of rotatable bonds is 5. The molecule has 0 radical (unpaired) electrons.